The Kier molecular flexibility index (Phi) is 7.03. The molecule has 0 saturated heterocycles. The molecule has 0 aromatic rings. The molecule has 1 unspecified atom stereocenters. The van der Waals surface area contributed by atoms with Crippen LogP contribution < -0.4 is 0 Å². The first-order chi connectivity index (χ1) is 5.63. The quantitative estimate of drug-likeness (QED) is 0.551. The fourth-order valence-electron chi connectivity index (χ4n) is 1.10. The second-order valence-electron chi connectivity index (χ2n) is 3.02. The Bertz CT molecular complexity index is 134. The van der Waals surface area contributed by atoms with Gasteiger partial charge in [0.25, 0.3) is 0 Å². The van der Waals surface area contributed by atoms with Crippen molar-refractivity contribution in [1.29, 1.82) is 0 Å². The van der Waals surface area contributed by atoms with Gasteiger partial charge in [-0.3, -0.25) is 0 Å². The molecule has 0 radical (unpaired) electrons. The van der Waals surface area contributed by atoms with E-state index in [2.05, 4.69) is 16.2 Å². The molecule has 1 atom stereocenters. The van der Waals surface area contributed by atoms with E-state index in [1.54, 1.807) is 0 Å². The minimum atomic E-state index is -1.45. The molecule has 0 saturated carbocycles. The molecule has 0 aromatic carbocycles. The van der Waals surface area contributed by atoms with Crippen LogP contribution in [0.15, 0.2) is 0 Å². The number of ether oxygens (including phenoxy) is 1. The third-order valence-corrected chi connectivity index (χ3v) is 8.41. The van der Waals surface area contributed by atoms with E-state index in [0.717, 1.165) is 12.8 Å². The Balaban J connectivity index is 4.00. The Labute approximate surface area is 83.4 Å². The molecule has 0 N–H and O–H groups in total. The van der Waals surface area contributed by atoms with Gasteiger partial charge in [0.2, 0.25) is 0 Å². The predicted octanol–water partition coefficient (Wildman–Crippen LogP) is 2.47. The Hall–Kier alpha value is 0.353. The Morgan fingerprint density at radius 2 is 2.00 bits per heavy atom. The first-order valence-electron chi connectivity index (χ1n) is 4.46. The van der Waals surface area contributed by atoms with Crippen LogP contribution >= 0.6 is 0 Å². The van der Waals surface area contributed by atoms with Gasteiger partial charge in [0.1, 0.15) is 0 Å². The average molecular weight is 368 g/mol. The van der Waals surface area contributed by atoms with Crippen molar-refractivity contribution < 1.29 is 9.53 Å². The second-order valence-corrected chi connectivity index (χ2v) is 12.9. The van der Waals surface area contributed by atoms with Crippen LogP contribution in [0.3, 0.4) is 0 Å². The van der Waals surface area contributed by atoms with Crippen LogP contribution in [0.25, 0.3) is 0 Å². The topological polar surface area (TPSA) is 26.3 Å². The third kappa shape index (κ3) is 4.40. The number of rotatable bonds is 5. The standard InChI is InChI=1S/C7H13O2.2CH3.Bi/c1-3-5-6-7(8)9-4-2;;;/h6H,3-5H2,1-2H3;2*1H3;. The molecular formula is C9H19BiO2. The van der Waals surface area contributed by atoms with Gasteiger partial charge in [-0.25, -0.2) is 0 Å². The fraction of sp³-hybridized carbons (Fsp3) is 0.889. The first kappa shape index (κ1) is 12.4. The second kappa shape index (κ2) is 6.82. The van der Waals surface area contributed by atoms with Crippen molar-refractivity contribution >= 4 is 27.7 Å². The number of carbonyl (C=O) groups excluding carboxylic acids is 1. The molecule has 72 valence electrons. The summed E-state index contributed by atoms with van der Waals surface area (Å²) < 4.78 is 9.87. The summed E-state index contributed by atoms with van der Waals surface area (Å²) in [7, 11) is 0. The normalized spacial score (nSPS) is 13.1. The summed E-state index contributed by atoms with van der Waals surface area (Å²) in [6.45, 7) is 4.52. The molecule has 0 aromatic heterocycles. The van der Waals surface area contributed by atoms with Gasteiger partial charge in [0, 0.05) is 0 Å². The van der Waals surface area contributed by atoms with Crippen molar-refractivity contribution in [3.63, 3.8) is 0 Å². The number of esters is 1. The molecular weight excluding hydrogens is 349 g/mol. The molecule has 0 rings (SSSR count). The molecule has 0 aliphatic rings. The fourth-order valence-corrected chi connectivity index (χ4v) is 6.04. The van der Waals surface area contributed by atoms with Crippen LogP contribution in [0.4, 0.5) is 0 Å². The molecule has 0 fully saturated rings. The molecule has 0 bridgehead atoms. The van der Waals surface area contributed by atoms with Gasteiger partial charge >= 0.3 is 83.4 Å². The third-order valence-electron chi connectivity index (χ3n) is 1.74. The average Bonchev–Trinajstić information content (AvgIpc) is 1.99. The van der Waals surface area contributed by atoms with E-state index < -0.39 is 21.8 Å². The van der Waals surface area contributed by atoms with E-state index in [-0.39, 0.29) is 5.97 Å². The van der Waals surface area contributed by atoms with Gasteiger partial charge in [-0.05, 0) is 0 Å². The van der Waals surface area contributed by atoms with Gasteiger partial charge in [0.05, 0.1) is 0 Å². The summed E-state index contributed by atoms with van der Waals surface area (Å²) in [5.74, 6) is 0.0575. The van der Waals surface area contributed by atoms with Gasteiger partial charge < -0.3 is 0 Å². The van der Waals surface area contributed by atoms with Gasteiger partial charge in [-0.2, -0.15) is 0 Å². The SMILES string of the molecule is CCC[CH](C(=O)OCC)[Bi]([CH3])[CH3]. The van der Waals surface area contributed by atoms with E-state index in [4.69, 9.17) is 4.74 Å². The Morgan fingerprint density at radius 1 is 1.42 bits per heavy atom. The van der Waals surface area contributed by atoms with Crippen molar-refractivity contribution in [2.24, 2.45) is 0 Å². The van der Waals surface area contributed by atoms with Crippen molar-refractivity contribution in [2.45, 2.75) is 39.6 Å². The zero-order valence-corrected chi connectivity index (χ0v) is 11.9. The maximum absolute atomic E-state index is 11.4. The summed E-state index contributed by atoms with van der Waals surface area (Å²) in [4.78, 5) is 11.4. The van der Waals surface area contributed by atoms with E-state index in [1.165, 1.54) is 0 Å². The molecule has 0 heterocycles. The van der Waals surface area contributed by atoms with Gasteiger partial charge in [-0.1, -0.05) is 0 Å². The van der Waals surface area contributed by atoms with Crippen molar-refractivity contribution in [3.05, 3.63) is 0 Å². The molecule has 3 heteroatoms. The van der Waals surface area contributed by atoms with E-state index in [9.17, 15) is 4.79 Å². The van der Waals surface area contributed by atoms with Crippen LogP contribution in [-0.4, -0.2) is 34.3 Å². The molecule has 0 aliphatic carbocycles. The molecule has 0 spiro atoms. The molecule has 2 nitrogen and oxygen atoms in total. The van der Waals surface area contributed by atoms with E-state index in [1.807, 2.05) is 6.92 Å². The van der Waals surface area contributed by atoms with Crippen LogP contribution in [-0.2, 0) is 9.53 Å². The van der Waals surface area contributed by atoms with E-state index in [0.29, 0.717) is 10.2 Å². The van der Waals surface area contributed by atoms with Gasteiger partial charge in [0.15, 0.2) is 0 Å². The van der Waals surface area contributed by atoms with E-state index >= 15 is 0 Å². The molecule has 0 aliphatic heterocycles. The zero-order chi connectivity index (χ0) is 9.56. The monoisotopic (exact) mass is 368 g/mol. The Morgan fingerprint density at radius 3 is 2.33 bits per heavy atom. The predicted molar refractivity (Wildman–Crippen MR) is 52.8 cm³/mol. The number of carbonyl (C=O) groups is 1. The summed E-state index contributed by atoms with van der Waals surface area (Å²) in [6.07, 6.45) is 2.13. The molecule has 12 heavy (non-hydrogen) atoms. The van der Waals surface area contributed by atoms with Gasteiger partial charge in [-0.15, -0.1) is 0 Å². The number of hydrogen-bond acceptors (Lipinski definition) is 2. The summed E-state index contributed by atoms with van der Waals surface area (Å²) in [6, 6.07) is 0. The summed E-state index contributed by atoms with van der Waals surface area (Å²) >= 11 is -1.45. The summed E-state index contributed by atoms with van der Waals surface area (Å²) in [5.41, 5.74) is 0. The van der Waals surface area contributed by atoms with Crippen LogP contribution in [0, 0.1) is 0 Å². The van der Waals surface area contributed by atoms with Crippen LogP contribution in [0.2, 0.25) is 12.9 Å². The van der Waals surface area contributed by atoms with Crippen molar-refractivity contribution in [1.82, 2.24) is 0 Å². The minimum absolute atomic E-state index is 0.0575. The molecule has 0 amide bonds. The number of hydrogen-bond donors (Lipinski definition) is 0. The zero-order valence-electron chi connectivity index (χ0n) is 8.46. The summed E-state index contributed by atoms with van der Waals surface area (Å²) in [5, 5.41) is 0. The maximum atomic E-state index is 11.4. The van der Waals surface area contributed by atoms with Crippen molar-refractivity contribution in [2.75, 3.05) is 6.61 Å². The van der Waals surface area contributed by atoms with Crippen molar-refractivity contribution in [3.8, 4) is 0 Å². The van der Waals surface area contributed by atoms with Crippen LogP contribution in [0.1, 0.15) is 26.7 Å². The first-order valence-corrected chi connectivity index (χ1v) is 13.4. The van der Waals surface area contributed by atoms with Crippen LogP contribution in [0.5, 0.6) is 0 Å².